The van der Waals surface area contributed by atoms with Gasteiger partial charge in [0.25, 0.3) is 0 Å². The number of nitrogens with two attached hydrogens (primary N) is 1. The Morgan fingerprint density at radius 3 is 2.83 bits per heavy atom. The second-order valence-electron chi connectivity index (χ2n) is 5.66. The average Bonchev–Trinajstić information content (AvgIpc) is 3.25. The van der Waals surface area contributed by atoms with Crippen molar-refractivity contribution in [1.29, 1.82) is 0 Å². The van der Waals surface area contributed by atoms with Crippen LogP contribution in [0.1, 0.15) is 12.2 Å². The van der Waals surface area contributed by atoms with E-state index in [9.17, 15) is 4.79 Å². The number of rotatable bonds is 5. The van der Waals surface area contributed by atoms with Crippen LogP contribution in [0.15, 0.2) is 52.0 Å². The number of furan rings is 1. The number of hydrogen-bond acceptors (Lipinski definition) is 4. The molecule has 1 fully saturated rings. The average molecular weight is 331 g/mol. The van der Waals surface area contributed by atoms with Crippen molar-refractivity contribution in [2.45, 2.75) is 17.1 Å². The predicted molar refractivity (Wildman–Crippen MR) is 92.5 cm³/mol. The minimum absolute atomic E-state index is 0.0445. The van der Waals surface area contributed by atoms with Gasteiger partial charge < -0.3 is 20.4 Å². The fourth-order valence-electron chi connectivity index (χ4n) is 2.60. The second-order valence-corrected chi connectivity index (χ2v) is 6.71. The first-order valence-corrected chi connectivity index (χ1v) is 8.74. The van der Waals surface area contributed by atoms with Crippen molar-refractivity contribution in [3.05, 3.63) is 48.4 Å². The smallest absolute Gasteiger partial charge is 0.321 e. The Labute approximate surface area is 140 Å². The maximum Gasteiger partial charge on any atom is 0.321 e. The Kier molecular flexibility index (Phi) is 5.25. The van der Waals surface area contributed by atoms with Crippen molar-refractivity contribution in [3.8, 4) is 0 Å². The molecule has 5 nitrogen and oxygen atoms in total. The summed E-state index contributed by atoms with van der Waals surface area (Å²) in [6, 6.07) is 11.7. The van der Waals surface area contributed by atoms with Crippen molar-refractivity contribution >= 4 is 23.5 Å². The zero-order valence-corrected chi connectivity index (χ0v) is 13.7. The molecule has 1 aliphatic heterocycles. The fourth-order valence-corrected chi connectivity index (χ4v) is 3.40. The van der Waals surface area contributed by atoms with Gasteiger partial charge in [-0.25, -0.2) is 4.79 Å². The number of likely N-dealkylation sites (tertiary alicyclic amines) is 1. The van der Waals surface area contributed by atoms with Gasteiger partial charge in [-0.3, -0.25) is 0 Å². The zero-order chi connectivity index (χ0) is 16.1. The number of urea groups is 1. The molecule has 3 rings (SSSR count). The van der Waals surface area contributed by atoms with E-state index in [1.165, 1.54) is 0 Å². The Hall–Kier alpha value is -1.92. The third kappa shape index (κ3) is 4.30. The first-order valence-electron chi connectivity index (χ1n) is 7.76. The van der Waals surface area contributed by atoms with Gasteiger partial charge in [-0.1, -0.05) is 0 Å². The number of nitrogens with one attached hydrogen (secondary N) is 1. The molecule has 0 bridgehead atoms. The number of hydrogen-bond donors (Lipinski definition) is 2. The molecule has 23 heavy (non-hydrogen) atoms. The summed E-state index contributed by atoms with van der Waals surface area (Å²) in [6.07, 6.45) is 2.67. The molecule has 122 valence electrons. The molecule has 1 saturated heterocycles. The Bertz CT molecular complexity index is 628. The molecule has 2 amide bonds. The van der Waals surface area contributed by atoms with Crippen LogP contribution in [0.5, 0.6) is 0 Å². The van der Waals surface area contributed by atoms with E-state index in [0.717, 1.165) is 41.6 Å². The molecule has 0 aliphatic carbocycles. The lowest BCUT2D eigenvalue weighted by molar-refractivity contribution is 0.221. The first-order chi connectivity index (χ1) is 11.2. The topological polar surface area (TPSA) is 71.5 Å². The lowest BCUT2D eigenvalue weighted by Gasteiger charge is -2.17. The molecule has 3 N–H and O–H groups in total. The van der Waals surface area contributed by atoms with Crippen LogP contribution in [-0.2, 0) is 5.75 Å². The third-order valence-corrected chi connectivity index (χ3v) is 5.01. The summed E-state index contributed by atoms with van der Waals surface area (Å²) in [7, 11) is 0. The summed E-state index contributed by atoms with van der Waals surface area (Å²) in [5.74, 6) is 2.18. The summed E-state index contributed by atoms with van der Waals surface area (Å²) in [6.45, 7) is 2.18. The number of thioether (sulfide) groups is 1. The summed E-state index contributed by atoms with van der Waals surface area (Å²) < 4.78 is 5.31. The van der Waals surface area contributed by atoms with Crippen molar-refractivity contribution < 1.29 is 9.21 Å². The monoisotopic (exact) mass is 331 g/mol. The Morgan fingerprint density at radius 1 is 1.35 bits per heavy atom. The van der Waals surface area contributed by atoms with Crippen molar-refractivity contribution in [1.82, 2.24) is 4.90 Å². The van der Waals surface area contributed by atoms with Crippen LogP contribution in [-0.4, -0.2) is 30.6 Å². The SMILES string of the molecule is NCC1CCN(C(=O)Nc2ccc(SCc3ccco3)cc2)C1. The van der Waals surface area contributed by atoms with Gasteiger partial charge in [0, 0.05) is 23.7 Å². The van der Waals surface area contributed by atoms with Gasteiger partial charge in [0.05, 0.1) is 12.0 Å². The molecule has 0 saturated carbocycles. The molecule has 2 heterocycles. The van der Waals surface area contributed by atoms with E-state index in [1.807, 2.05) is 41.3 Å². The maximum absolute atomic E-state index is 12.2. The minimum Gasteiger partial charge on any atom is -0.468 e. The molecule has 2 aromatic rings. The summed E-state index contributed by atoms with van der Waals surface area (Å²) in [5.41, 5.74) is 6.48. The summed E-state index contributed by atoms with van der Waals surface area (Å²) in [5, 5.41) is 2.94. The van der Waals surface area contributed by atoms with Gasteiger partial charge in [0.15, 0.2) is 0 Å². The zero-order valence-electron chi connectivity index (χ0n) is 12.9. The largest absolute Gasteiger partial charge is 0.468 e. The van der Waals surface area contributed by atoms with Gasteiger partial charge >= 0.3 is 6.03 Å². The number of anilines is 1. The number of nitrogens with zero attached hydrogens (tertiary/aromatic N) is 1. The van der Waals surface area contributed by atoms with E-state index < -0.39 is 0 Å². The minimum atomic E-state index is -0.0445. The van der Waals surface area contributed by atoms with Gasteiger partial charge in [0.2, 0.25) is 0 Å². The van der Waals surface area contributed by atoms with Crippen LogP contribution >= 0.6 is 11.8 Å². The normalized spacial score (nSPS) is 17.4. The Balaban J connectivity index is 1.50. The molecule has 1 aliphatic rings. The molecular weight excluding hydrogens is 310 g/mol. The van der Waals surface area contributed by atoms with Crippen LogP contribution in [0.25, 0.3) is 0 Å². The van der Waals surface area contributed by atoms with Crippen LogP contribution in [0.2, 0.25) is 0 Å². The molecule has 0 radical (unpaired) electrons. The number of benzene rings is 1. The first kappa shape index (κ1) is 16.0. The van der Waals surface area contributed by atoms with Gasteiger partial charge in [-0.2, -0.15) is 0 Å². The van der Waals surface area contributed by atoms with Crippen LogP contribution in [0.3, 0.4) is 0 Å². The number of amides is 2. The highest BCUT2D eigenvalue weighted by Crippen LogP contribution is 2.24. The quantitative estimate of drug-likeness (QED) is 0.824. The lowest BCUT2D eigenvalue weighted by Crippen LogP contribution is -2.33. The molecule has 1 aromatic heterocycles. The van der Waals surface area contributed by atoms with Gasteiger partial charge in [0.1, 0.15) is 5.76 Å². The van der Waals surface area contributed by atoms with Gasteiger partial charge in [-0.05, 0) is 55.3 Å². The highest BCUT2D eigenvalue weighted by atomic mass is 32.2. The summed E-state index contributed by atoms with van der Waals surface area (Å²) >= 11 is 1.70. The second kappa shape index (κ2) is 7.57. The predicted octanol–water partition coefficient (Wildman–Crippen LogP) is 3.38. The van der Waals surface area contributed by atoms with Crippen LogP contribution in [0, 0.1) is 5.92 Å². The molecule has 1 aromatic carbocycles. The Morgan fingerprint density at radius 2 is 2.17 bits per heavy atom. The van der Waals surface area contributed by atoms with E-state index in [2.05, 4.69) is 5.32 Å². The number of carbonyl (C=O) groups is 1. The van der Waals surface area contributed by atoms with Gasteiger partial charge in [-0.15, -0.1) is 11.8 Å². The highest BCUT2D eigenvalue weighted by molar-refractivity contribution is 7.98. The van der Waals surface area contributed by atoms with Crippen LogP contribution in [0.4, 0.5) is 10.5 Å². The van der Waals surface area contributed by atoms with E-state index in [1.54, 1.807) is 18.0 Å². The molecule has 0 spiro atoms. The maximum atomic E-state index is 12.2. The number of carbonyl (C=O) groups excluding carboxylic acids is 1. The van der Waals surface area contributed by atoms with Crippen molar-refractivity contribution in [3.63, 3.8) is 0 Å². The van der Waals surface area contributed by atoms with Crippen LogP contribution < -0.4 is 11.1 Å². The van der Waals surface area contributed by atoms with E-state index in [-0.39, 0.29) is 6.03 Å². The molecule has 1 unspecified atom stereocenters. The van der Waals surface area contributed by atoms with E-state index >= 15 is 0 Å². The van der Waals surface area contributed by atoms with E-state index in [0.29, 0.717) is 12.5 Å². The standard InChI is InChI=1S/C17H21N3O2S/c18-10-13-7-8-20(11-13)17(21)19-14-3-5-16(6-4-14)23-12-15-2-1-9-22-15/h1-6,9,13H,7-8,10-12,18H2,(H,19,21). The third-order valence-electron chi connectivity index (χ3n) is 3.97. The summed E-state index contributed by atoms with van der Waals surface area (Å²) in [4.78, 5) is 15.2. The van der Waals surface area contributed by atoms with Crippen molar-refractivity contribution in [2.24, 2.45) is 11.7 Å². The molecular formula is C17H21N3O2S. The highest BCUT2D eigenvalue weighted by Gasteiger charge is 2.25. The lowest BCUT2D eigenvalue weighted by atomic mass is 10.1. The molecule has 1 atom stereocenters. The van der Waals surface area contributed by atoms with E-state index in [4.69, 9.17) is 10.2 Å². The van der Waals surface area contributed by atoms with Crippen molar-refractivity contribution in [2.75, 3.05) is 25.0 Å². The fraction of sp³-hybridized carbons (Fsp3) is 0.353. The molecule has 6 heteroatoms.